The first-order valence-electron chi connectivity index (χ1n) is 9.14. The molecule has 2 amide bonds. The van der Waals surface area contributed by atoms with Gasteiger partial charge in [-0.2, -0.15) is 5.10 Å². The van der Waals surface area contributed by atoms with E-state index in [2.05, 4.69) is 20.7 Å². The van der Waals surface area contributed by atoms with Crippen LogP contribution in [0, 0.1) is 6.92 Å². The number of ether oxygens (including phenoxy) is 1. The fourth-order valence-corrected chi connectivity index (χ4v) is 3.32. The molecule has 8 nitrogen and oxygen atoms in total. The molecule has 1 atom stereocenters. The topological polar surface area (TPSA) is 98.1 Å². The fourth-order valence-electron chi connectivity index (χ4n) is 3.32. The minimum Gasteiger partial charge on any atom is -0.368 e. The van der Waals surface area contributed by atoms with Crippen LogP contribution in [0.5, 0.6) is 0 Å². The Bertz CT molecular complexity index is 1050. The smallest absolute Gasteiger partial charge is 0.255 e. The quantitative estimate of drug-likeness (QED) is 0.726. The number of carbonyl (C=O) groups is 2. The minimum absolute atomic E-state index is 0.184. The second kappa shape index (κ2) is 7.40. The van der Waals surface area contributed by atoms with Crippen LogP contribution in [0.15, 0.2) is 36.5 Å². The number of nitrogens with zero attached hydrogens (tertiary/aromatic N) is 3. The Morgan fingerprint density at radius 3 is 2.86 bits per heavy atom. The number of carbonyl (C=O) groups excluding carboxylic acids is 2. The average molecular weight is 379 g/mol. The summed E-state index contributed by atoms with van der Waals surface area (Å²) in [5.74, 6) is -0.465. The van der Waals surface area contributed by atoms with Gasteiger partial charge in [-0.25, -0.2) is 4.98 Å². The Morgan fingerprint density at radius 2 is 2.07 bits per heavy atom. The lowest BCUT2D eigenvalue weighted by atomic mass is 10.1. The van der Waals surface area contributed by atoms with Crippen LogP contribution >= 0.6 is 0 Å². The first-order valence-corrected chi connectivity index (χ1v) is 9.14. The number of pyridine rings is 1. The zero-order chi connectivity index (χ0) is 19.7. The number of amides is 2. The van der Waals surface area contributed by atoms with Crippen molar-refractivity contribution in [2.45, 2.75) is 25.9 Å². The average Bonchev–Trinajstić information content (AvgIpc) is 3.31. The molecule has 0 aliphatic carbocycles. The highest BCUT2D eigenvalue weighted by Gasteiger charge is 2.23. The van der Waals surface area contributed by atoms with Crippen molar-refractivity contribution in [3.63, 3.8) is 0 Å². The van der Waals surface area contributed by atoms with E-state index in [1.165, 1.54) is 0 Å². The number of nitrogens with one attached hydrogen (secondary N) is 2. The van der Waals surface area contributed by atoms with Crippen molar-refractivity contribution in [1.29, 1.82) is 0 Å². The van der Waals surface area contributed by atoms with Crippen LogP contribution in [0.25, 0.3) is 11.0 Å². The maximum atomic E-state index is 12.6. The van der Waals surface area contributed by atoms with E-state index >= 15 is 0 Å². The molecule has 0 bridgehead atoms. The lowest BCUT2D eigenvalue weighted by Gasteiger charge is -2.11. The van der Waals surface area contributed by atoms with Gasteiger partial charge in [0, 0.05) is 30.3 Å². The third kappa shape index (κ3) is 3.59. The van der Waals surface area contributed by atoms with Crippen molar-refractivity contribution < 1.29 is 14.3 Å². The first-order chi connectivity index (χ1) is 13.5. The minimum atomic E-state index is -0.419. The Balaban J connectivity index is 1.49. The number of benzene rings is 1. The van der Waals surface area contributed by atoms with Crippen LogP contribution in [0.1, 0.15) is 28.9 Å². The number of aryl methyl sites for hydroxylation is 2. The van der Waals surface area contributed by atoms with Crippen molar-refractivity contribution in [3.8, 4) is 0 Å². The van der Waals surface area contributed by atoms with Crippen LogP contribution in [-0.2, 0) is 16.6 Å². The van der Waals surface area contributed by atoms with Crippen molar-refractivity contribution in [2.24, 2.45) is 7.05 Å². The van der Waals surface area contributed by atoms with Gasteiger partial charge in [0.05, 0.1) is 17.6 Å². The zero-order valence-corrected chi connectivity index (χ0v) is 15.7. The molecule has 3 heterocycles. The van der Waals surface area contributed by atoms with E-state index < -0.39 is 6.10 Å². The SMILES string of the molecule is Cc1nn(C)c2ncc(NC(=O)c3cccc(NC(=O)[C@@H]4CCCO4)c3)cc12. The van der Waals surface area contributed by atoms with Crippen molar-refractivity contribution in [2.75, 3.05) is 17.2 Å². The molecule has 0 radical (unpaired) electrons. The molecule has 1 fully saturated rings. The summed E-state index contributed by atoms with van der Waals surface area (Å²) in [5, 5.41) is 10.9. The van der Waals surface area contributed by atoms with Crippen LogP contribution in [-0.4, -0.2) is 39.3 Å². The van der Waals surface area contributed by atoms with Crippen LogP contribution in [0.3, 0.4) is 0 Å². The van der Waals surface area contributed by atoms with Gasteiger partial charge in [0.25, 0.3) is 11.8 Å². The molecule has 0 unspecified atom stereocenters. The highest BCUT2D eigenvalue weighted by Crippen LogP contribution is 2.21. The lowest BCUT2D eigenvalue weighted by molar-refractivity contribution is -0.124. The Kier molecular flexibility index (Phi) is 4.79. The Hall–Kier alpha value is -3.26. The normalized spacial score (nSPS) is 16.3. The molecule has 2 aromatic heterocycles. The molecular formula is C20H21N5O3. The Morgan fingerprint density at radius 1 is 1.21 bits per heavy atom. The molecule has 144 valence electrons. The molecule has 28 heavy (non-hydrogen) atoms. The standard InChI is InChI=1S/C20H21N5O3/c1-12-16-10-15(11-21-18(16)25(2)24-12)23-19(26)13-5-3-6-14(9-13)22-20(27)17-7-4-8-28-17/h3,5-6,9-11,17H,4,7-8H2,1-2H3,(H,22,27)(H,23,26)/t17-/m0/s1. The number of anilines is 2. The number of hydrogen-bond acceptors (Lipinski definition) is 5. The highest BCUT2D eigenvalue weighted by molar-refractivity contribution is 6.06. The summed E-state index contributed by atoms with van der Waals surface area (Å²) < 4.78 is 7.09. The monoisotopic (exact) mass is 379 g/mol. The van der Waals surface area contributed by atoms with Gasteiger partial charge in [0.2, 0.25) is 0 Å². The number of fused-ring (bicyclic) bond motifs is 1. The molecule has 3 aromatic rings. The molecule has 4 rings (SSSR count). The van der Waals surface area contributed by atoms with Crippen molar-refractivity contribution in [1.82, 2.24) is 14.8 Å². The zero-order valence-electron chi connectivity index (χ0n) is 15.7. The molecule has 0 spiro atoms. The van der Waals surface area contributed by atoms with E-state index in [0.29, 0.717) is 23.5 Å². The maximum Gasteiger partial charge on any atom is 0.255 e. The van der Waals surface area contributed by atoms with Crippen LogP contribution in [0.2, 0.25) is 0 Å². The van der Waals surface area contributed by atoms with E-state index in [1.807, 2.05) is 20.0 Å². The van der Waals surface area contributed by atoms with Gasteiger partial charge in [-0.1, -0.05) is 6.07 Å². The van der Waals surface area contributed by atoms with Gasteiger partial charge in [-0.05, 0) is 44.0 Å². The lowest BCUT2D eigenvalue weighted by Crippen LogP contribution is -2.27. The fraction of sp³-hybridized carbons (Fsp3) is 0.300. The summed E-state index contributed by atoms with van der Waals surface area (Å²) in [5.41, 5.74) is 3.19. The molecule has 1 saturated heterocycles. The molecule has 2 N–H and O–H groups in total. The Labute approximate surface area is 161 Å². The molecule has 1 aliphatic rings. The summed E-state index contributed by atoms with van der Waals surface area (Å²) in [4.78, 5) is 29.2. The molecule has 1 aromatic carbocycles. The van der Waals surface area contributed by atoms with E-state index in [4.69, 9.17) is 4.74 Å². The molecule has 0 saturated carbocycles. The third-order valence-electron chi connectivity index (χ3n) is 4.74. The molecule has 1 aliphatic heterocycles. The van der Waals surface area contributed by atoms with Gasteiger partial charge < -0.3 is 15.4 Å². The number of aromatic nitrogens is 3. The van der Waals surface area contributed by atoms with Gasteiger partial charge >= 0.3 is 0 Å². The molecular weight excluding hydrogens is 358 g/mol. The van der Waals surface area contributed by atoms with E-state index in [1.54, 1.807) is 35.1 Å². The summed E-state index contributed by atoms with van der Waals surface area (Å²) >= 11 is 0. The summed E-state index contributed by atoms with van der Waals surface area (Å²) in [6.45, 7) is 2.51. The van der Waals surface area contributed by atoms with Crippen molar-refractivity contribution in [3.05, 3.63) is 47.8 Å². The second-order valence-corrected chi connectivity index (χ2v) is 6.83. The number of hydrogen-bond donors (Lipinski definition) is 2. The predicted molar refractivity (Wildman–Crippen MR) is 105 cm³/mol. The predicted octanol–water partition coefficient (Wildman–Crippen LogP) is 2.65. The maximum absolute atomic E-state index is 12.6. The first kappa shape index (κ1) is 18.1. The number of rotatable bonds is 4. The van der Waals surface area contributed by atoms with E-state index in [-0.39, 0.29) is 11.8 Å². The largest absolute Gasteiger partial charge is 0.368 e. The third-order valence-corrected chi connectivity index (χ3v) is 4.74. The van der Waals surface area contributed by atoms with Gasteiger partial charge in [-0.15, -0.1) is 0 Å². The summed E-state index contributed by atoms with van der Waals surface area (Å²) in [6, 6.07) is 8.66. The highest BCUT2D eigenvalue weighted by atomic mass is 16.5. The summed E-state index contributed by atoms with van der Waals surface area (Å²) in [6.07, 6.45) is 2.78. The van der Waals surface area contributed by atoms with Gasteiger partial charge in [0.15, 0.2) is 5.65 Å². The van der Waals surface area contributed by atoms with Crippen LogP contribution < -0.4 is 10.6 Å². The van der Waals surface area contributed by atoms with Crippen LogP contribution in [0.4, 0.5) is 11.4 Å². The van der Waals surface area contributed by atoms with E-state index in [0.717, 1.165) is 29.6 Å². The summed E-state index contributed by atoms with van der Waals surface area (Å²) in [7, 11) is 1.83. The van der Waals surface area contributed by atoms with E-state index in [9.17, 15) is 9.59 Å². The van der Waals surface area contributed by atoms with Gasteiger partial charge in [-0.3, -0.25) is 14.3 Å². The second-order valence-electron chi connectivity index (χ2n) is 6.83. The van der Waals surface area contributed by atoms with Crippen molar-refractivity contribution >= 4 is 34.2 Å². The van der Waals surface area contributed by atoms with Gasteiger partial charge in [0.1, 0.15) is 6.10 Å². The molecule has 8 heteroatoms.